The van der Waals surface area contributed by atoms with Gasteiger partial charge in [-0.3, -0.25) is 0 Å². The van der Waals surface area contributed by atoms with Gasteiger partial charge in [0.2, 0.25) is 0 Å². The van der Waals surface area contributed by atoms with Gasteiger partial charge in [0.05, 0.1) is 13.2 Å². The molecule has 2 aromatic rings. The minimum absolute atomic E-state index is 0.0225. The second-order valence-electron chi connectivity index (χ2n) is 3.97. The Balaban J connectivity index is 2.22. The third-order valence-corrected chi connectivity index (χ3v) is 2.85. The van der Waals surface area contributed by atoms with Crippen LogP contribution in [0.15, 0.2) is 36.4 Å². The molecule has 0 unspecified atom stereocenters. The van der Waals surface area contributed by atoms with E-state index in [1.54, 1.807) is 0 Å². The number of ether oxygens (including phenoxy) is 2. The highest BCUT2D eigenvalue weighted by atomic mass is 16.5. The van der Waals surface area contributed by atoms with Crippen LogP contribution in [0.4, 0.5) is 0 Å². The van der Waals surface area contributed by atoms with E-state index >= 15 is 0 Å². The van der Waals surface area contributed by atoms with Crippen LogP contribution in [0.5, 0.6) is 5.75 Å². The highest BCUT2D eigenvalue weighted by Crippen LogP contribution is 2.27. The lowest BCUT2D eigenvalue weighted by molar-refractivity contribution is 0.109. The molecule has 0 fully saturated rings. The Hall–Kier alpha value is -1.58. The fraction of sp³-hybridized carbons (Fsp3) is 0.333. The predicted molar refractivity (Wildman–Crippen MR) is 71.9 cm³/mol. The summed E-state index contributed by atoms with van der Waals surface area (Å²) in [5.41, 5.74) is 0.838. The van der Waals surface area contributed by atoms with Gasteiger partial charge in [-0.25, -0.2) is 0 Å². The normalized spacial score (nSPS) is 10.8. The van der Waals surface area contributed by atoms with E-state index in [0.29, 0.717) is 19.8 Å². The molecule has 0 saturated carbocycles. The highest BCUT2D eigenvalue weighted by Gasteiger charge is 2.07. The first kappa shape index (κ1) is 12.9. The number of rotatable bonds is 6. The van der Waals surface area contributed by atoms with E-state index in [2.05, 4.69) is 0 Å². The van der Waals surface area contributed by atoms with E-state index in [1.807, 2.05) is 43.3 Å². The molecule has 0 heterocycles. The van der Waals surface area contributed by atoms with Gasteiger partial charge < -0.3 is 14.6 Å². The number of aliphatic hydroxyl groups excluding tert-OH is 1. The van der Waals surface area contributed by atoms with E-state index < -0.39 is 0 Å². The van der Waals surface area contributed by atoms with E-state index in [4.69, 9.17) is 9.47 Å². The molecule has 1 N–H and O–H groups in total. The maximum Gasteiger partial charge on any atom is 0.125 e. The van der Waals surface area contributed by atoms with Gasteiger partial charge in [-0.05, 0) is 23.8 Å². The summed E-state index contributed by atoms with van der Waals surface area (Å²) in [5.74, 6) is 0.732. The average Bonchev–Trinajstić information content (AvgIpc) is 2.43. The maximum atomic E-state index is 9.51. The average molecular weight is 246 g/mol. The Morgan fingerprint density at radius 3 is 2.67 bits per heavy atom. The molecule has 0 aliphatic carbocycles. The molecule has 2 aromatic carbocycles. The Bertz CT molecular complexity index is 508. The Kier molecular flexibility index (Phi) is 4.56. The molecule has 0 saturated heterocycles. The van der Waals surface area contributed by atoms with Crippen molar-refractivity contribution in [2.75, 3.05) is 19.8 Å². The summed E-state index contributed by atoms with van der Waals surface area (Å²) in [6, 6.07) is 11.9. The van der Waals surface area contributed by atoms with Crippen LogP contribution in [-0.4, -0.2) is 24.9 Å². The lowest BCUT2D eigenvalue weighted by atomic mass is 10.0. The fourth-order valence-electron chi connectivity index (χ4n) is 1.97. The molecule has 3 nitrogen and oxygen atoms in total. The summed E-state index contributed by atoms with van der Waals surface area (Å²) in [5, 5.41) is 11.7. The van der Waals surface area contributed by atoms with Gasteiger partial charge >= 0.3 is 0 Å². The predicted octanol–water partition coefficient (Wildman–Crippen LogP) is 2.75. The van der Waals surface area contributed by atoms with E-state index in [-0.39, 0.29) is 6.61 Å². The topological polar surface area (TPSA) is 38.7 Å². The molecule has 0 spiro atoms. The van der Waals surface area contributed by atoms with Crippen LogP contribution in [0.25, 0.3) is 10.8 Å². The first-order chi connectivity index (χ1) is 8.86. The van der Waals surface area contributed by atoms with E-state index in [1.165, 1.54) is 0 Å². The van der Waals surface area contributed by atoms with Crippen molar-refractivity contribution in [1.29, 1.82) is 0 Å². The molecule has 3 heteroatoms. The molecule has 0 radical (unpaired) electrons. The van der Waals surface area contributed by atoms with Crippen molar-refractivity contribution < 1.29 is 14.6 Å². The summed E-state index contributed by atoms with van der Waals surface area (Å²) in [6.07, 6.45) is 0. The van der Waals surface area contributed by atoms with E-state index in [9.17, 15) is 5.11 Å². The fourth-order valence-corrected chi connectivity index (χ4v) is 1.97. The van der Waals surface area contributed by atoms with Crippen molar-refractivity contribution in [3.05, 3.63) is 42.0 Å². The van der Waals surface area contributed by atoms with Gasteiger partial charge in [0, 0.05) is 12.2 Å². The summed E-state index contributed by atoms with van der Waals surface area (Å²) in [7, 11) is 0. The zero-order valence-corrected chi connectivity index (χ0v) is 10.6. The monoisotopic (exact) mass is 246 g/mol. The smallest absolute Gasteiger partial charge is 0.125 e. The third-order valence-electron chi connectivity index (χ3n) is 2.85. The van der Waals surface area contributed by atoms with Crippen LogP contribution in [0, 0.1) is 0 Å². The van der Waals surface area contributed by atoms with Crippen molar-refractivity contribution in [3.63, 3.8) is 0 Å². The third kappa shape index (κ3) is 2.81. The second kappa shape index (κ2) is 6.38. The van der Waals surface area contributed by atoms with Crippen LogP contribution in [-0.2, 0) is 11.3 Å². The van der Waals surface area contributed by atoms with Crippen molar-refractivity contribution in [2.24, 2.45) is 0 Å². The number of benzene rings is 2. The zero-order chi connectivity index (χ0) is 12.8. The van der Waals surface area contributed by atoms with Crippen LogP contribution in [0.1, 0.15) is 12.5 Å². The molecule has 0 aliphatic rings. The SMILES string of the molecule is CCOCCOc1ccc2ccccc2c1CO. The zero-order valence-electron chi connectivity index (χ0n) is 10.6. The maximum absolute atomic E-state index is 9.51. The molecule has 0 amide bonds. The van der Waals surface area contributed by atoms with Crippen molar-refractivity contribution >= 4 is 10.8 Å². The highest BCUT2D eigenvalue weighted by molar-refractivity contribution is 5.87. The van der Waals surface area contributed by atoms with Crippen molar-refractivity contribution in [2.45, 2.75) is 13.5 Å². The van der Waals surface area contributed by atoms with Crippen molar-refractivity contribution in [1.82, 2.24) is 0 Å². The summed E-state index contributed by atoms with van der Waals surface area (Å²) < 4.78 is 10.9. The van der Waals surface area contributed by atoms with Crippen LogP contribution in [0.3, 0.4) is 0 Å². The number of hydrogen-bond donors (Lipinski definition) is 1. The van der Waals surface area contributed by atoms with Crippen molar-refractivity contribution in [3.8, 4) is 5.75 Å². The quantitative estimate of drug-likeness (QED) is 0.796. The van der Waals surface area contributed by atoms with Crippen LogP contribution in [0.2, 0.25) is 0 Å². The Labute approximate surface area is 107 Å². The molecule has 0 bridgehead atoms. The second-order valence-corrected chi connectivity index (χ2v) is 3.97. The number of aliphatic hydroxyl groups is 1. The summed E-state index contributed by atoms with van der Waals surface area (Å²) in [6.45, 7) is 3.68. The Morgan fingerprint density at radius 1 is 1.06 bits per heavy atom. The molecular weight excluding hydrogens is 228 g/mol. The molecule has 0 aliphatic heterocycles. The molecule has 2 rings (SSSR count). The number of fused-ring (bicyclic) bond motifs is 1. The summed E-state index contributed by atoms with van der Waals surface area (Å²) >= 11 is 0. The van der Waals surface area contributed by atoms with Gasteiger partial charge in [-0.15, -0.1) is 0 Å². The first-order valence-electron chi connectivity index (χ1n) is 6.19. The molecule has 96 valence electrons. The van der Waals surface area contributed by atoms with Gasteiger partial charge in [0.25, 0.3) is 0 Å². The molecule has 0 atom stereocenters. The van der Waals surface area contributed by atoms with E-state index in [0.717, 1.165) is 22.1 Å². The molecular formula is C15H18O3. The molecule has 0 aromatic heterocycles. The van der Waals surface area contributed by atoms with Crippen LogP contribution >= 0.6 is 0 Å². The lowest BCUT2D eigenvalue weighted by Crippen LogP contribution is -2.07. The van der Waals surface area contributed by atoms with Gasteiger partial charge in [0.1, 0.15) is 12.4 Å². The van der Waals surface area contributed by atoms with Gasteiger partial charge in [0.15, 0.2) is 0 Å². The minimum atomic E-state index is -0.0225. The first-order valence-corrected chi connectivity index (χ1v) is 6.19. The molecule has 18 heavy (non-hydrogen) atoms. The Morgan fingerprint density at radius 2 is 1.89 bits per heavy atom. The van der Waals surface area contributed by atoms with Gasteiger partial charge in [-0.2, -0.15) is 0 Å². The van der Waals surface area contributed by atoms with Gasteiger partial charge in [-0.1, -0.05) is 30.3 Å². The summed E-state index contributed by atoms with van der Waals surface area (Å²) in [4.78, 5) is 0. The number of hydrogen-bond acceptors (Lipinski definition) is 3. The lowest BCUT2D eigenvalue weighted by Gasteiger charge is -2.12. The minimum Gasteiger partial charge on any atom is -0.491 e. The standard InChI is InChI=1S/C15H18O3/c1-2-17-9-10-18-15-8-7-12-5-3-4-6-13(12)14(15)11-16/h3-8,16H,2,9-11H2,1H3. The van der Waals surface area contributed by atoms with Crippen LogP contribution < -0.4 is 4.74 Å². The largest absolute Gasteiger partial charge is 0.491 e.